The van der Waals surface area contributed by atoms with E-state index in [1.54, 1.807) is 24.3 Å². The molecule has 0 spiro atoms. The van der Waals surface area contributed by atoms with E-state index in [-0.39, 0.29) is 11.4 Å². The molecule has 6 nitrogen and oxygen atoms in total. The molecule has 0 atom stereocenters. The van der Waals surface area contributed by atoms with Crippen molar-refractivity contribution in [2.75, 3.05) is 21.6 Å². The SMILES string of the molecule is CS(=O)(=O)Nc1cc(NC(=O)Nc2ccccc2)ccc1F. The molecule has 0 aromatic heterocycles. The maximum atomic E-state index is 13.5. The van der Waals surface area contributed by atoms with E-state index in [2.05, 4.69) is 10.6 Å². The average Bonchev–Trinajstić information content (AvgIpc) is 2.42. The Kier molecular flexibility index (Phi) is 4.62. The summed E-state index contributed by atoms with van der Waals surface area (Å²) < 4.78 is 37.9. The Morgan fingerprint density at radius 1 is 1.00 bits per heavy atom. The van der Waals surface area contributed by atoms with Crippen LogP contribution in [0, 0.1) is 5.82 Å². The first-order chi connectivity index (χ1) is 10.3. The molecular formula is C14H14FN3O3S. The van der Waals surface area contributed by atoms with Gasteiger partial charge >= 0.3 is 6.03 Å². The molecule has 2 amide bonds. The third kappa shape index (κ3) is 4.74. The van der Waals surface area contributed by atoms with Crippen molar-refractivity contribution < 1.29 is 17.6 Å². The molecule has 0 aliphatic carbocycles. The van der Waals surface area contributed by atoms with Crippen LogP contribution in [0.1, 0.15) is 0 Å². The number of sulfonamides is 1. The van der Waals surface area contributed by atoms with Crippen LogP contribution in [0.5, 0.6) is 0 Å². The highest BCUT2D eigenvalue weighted by Crippen LogP contribution is 2.20. The fraction of sp³-hybridized carbons (Fsp3) is 0.0714. The van der Waals surface area contributed by atoms with Gasteiger partial charge in [0.1, 0.15) is 5.82 Å². The van der Waals surface area contributed by atoms with Crippen molar-refractivity contribution in [2.45, 2.75) is 0 Å². The molecular weight excluding hydrogens is 309 g/mol. The van der Waals surface area contributed by atoms with E-state index in [0.717, 1.165) is 12.3 Å². The topological polar surface area (TPSA) is 87.3 Å². The van der Waals surface area contributed by atoms with Crippen molar-refractivity contribution in [3.8, 4) is 0 Å². The van der Waals surface area contributed by atoms with Crippen molar-refractivity contribution in [3.63, 3.8) is 0 Å². The number of hydrogen-bond donors (Lipinski definition) is 3. The highest BCUT2D eigenvalue weighted by atomic mass is 32.2. The molecule has 0 aliphatic heterocycles. The summed E-state index contributed by atoms with van der Waals surface area (Å²) in [6, 6.07) is 11.8. The summed E-state index contributed by atoms with van der Waals surface area (Å²) in [5, 5.41) is 5.08. The predicted molar refractivity (Wildman–Crippen MR) is 83.9 cm³/mol. The van der Waals surface area contributed by atoms with Crippen LogP contribution >= 0.6 is 0 Å². The van der Waals surface area contributed by atoms with Crippen molar-refractivity contribution in [1.82, 2.24) is 0 Å². The van der Waals surface area contributed by atoms with E-state index in [4.69, 9.17) is 0 Å². The highest BCUT2D eigenvalue weighted by Gasteiger charge is 2.10. The average molecular weight is 323 g/mol. The summed E-state index contributed by atoms with van der Waals surface area (Å²) >= 11 is 0. The molecule has 0 fully saturated rings. The second-order valence-electron chi connectivity index (χ2n) is 4.51. The van der Waals surface area contributed by atoms with E-state index in [9.17, 15) is 17.6 Å². The lowest BCUT2D eigenvalue weighted by Crippen LogP contribution is -2.19. The number of nitrogens with one attached hydrogen (secondary N) is 3. The summed E-state index contributed by atoms with van der Waals surface area (Å²) in [5.41, 5.74) is 0.609. The second-order valence-corrected chi connectivity index (χ2v) is 6.26. The number of carbonyl (C=O) groups excluding carboxylic acids is 1. The first-order valence-corrected chi connectivity index (χ1v) is 8.13. The van der Waals surface area contributed by atoms with E-state index in [0.29, 0.717) is 5.69 Å². The molecule has 116 valence electrons. The molecule has 0 radical (unpaired) electrons. The lowest BCUT2D eigenvalue weighted by molar-refractivity contribution is 0.262. The van der Waals surface area contributed by atoms with Gasteiger partial charge < -0.3 is 10.6 Å². The van der Waals surface area contributed by atoms with Gasteiger partial charge in [-0.2, -0.15) is 0 Å². The molecule has 0 aliphatic rings. The van der Waals surface area contributed by atoms with Crippen LogP contribution < -0.4 is 15.4 Å². The van der Waals surface area contributed by atoms with Crippen LogP contribution in [0.25, 0.3) is 0 Å². The van der Waals surface area contributed by atoms with Crippen molar-refractivity contribution in [1.29, 1.82) is 0 Å². The standard InChI is InChI=1S/C14H14FN3O3S/c1-22(20,21)18-13-9-11(7-8-12(13)15)17-14(19)16-10-5-3-2-4-6-10/h2-9,18H,1H3,(H2,16,17,19). The van der Waals surface area contributed by atoms with Crippen molar-refractivity contribution in [3.05, 3.63) is 54.3 Å². The third-order valence-corrected chi connectivity index (χ3v) is 3.14. The lowest BCUT2D eigenvalue weighted by Gasteiger charge is -2.10. The Labute approximate surface area is 127 Å². The zero-order chi connectivity index (χ0) is 16.2. The van der Waals surface area contributed by atoms with Gasteiger partial charge in [0.05, 0.1) is 11.9 Å². The number of rotatable bonds is 4. The summed E-state index contributed by atoms with van der Waals surface area (Å²) in [6.45, 7) is 0. The molecule has 0 unspecified atom stereocenters. The minimum atomic E-state index is -3.61. The smallest absolute Gasteiger partial charge is 0.308 e. The summed E-state index contributed by atoms with van der Waals surface area (Å²) in [7, 11) is -3.61. The molecule has 2 rings (SSSR count). The number of halogens is 1. The van der Waals surface area contributed by atoms with E-state index < -0.39 is 21.9 Å². The van der Waals surface area contributed by atoms with E-state index in [1.807, 2.05) is 10.8 Å². The van der Waals surface area contributed by atoms with Crippen molar-refractivity contribution >= 4 is 33.1 Å². The Morgan fingerprint density at radius 2 is 1.64 bits per heavy atom. The summed E-state index contributed by atoms with van der Waals surface area (Å²) in [5.74, 6) is -0.737. The van der Waals surface area contributed by atoms with Crippen LogP contribution in [0.4, 0.5) is 26.2 Å². The Bertz CT molecular complexity index is 779. The number of amides is 2. The second kappa shape index (κ2) is 6.44. The van der Waals surface area contributed by atoms with Crippen LogP contribution in [0.2, 0.25) is 0 Å². The number of anilines is 3. The first kappa shape index (κ1) is 15.8. The number of hydrogen-bond acceptors (Lipinski definition) is 3. The lowest BCUT2D eigenvalue weighted by atomic mass is 10.2. The highest BCUT2D eigenvalue weighted by molar-refractivity contribution is 7.92. The molecule has 0 saturated carbocycles. The molecule has 0 bridgehead atoms. The molecule has 2 aromatic carbocycles. The Hall–Kier alpha value is -2.61. The largest absolute Gasteiger partial charge is 0.323 e. The number of para-hydroxylation sites is 1. The minimum Gasteiger partial charge on any atom is -0.308 e. The molecule has 0 saturated heterocycles. The van der Waals surface area contributed by atoms with Crippen molar-refractivity contribution in [2.24, 2.45) is 0 Å². The Balaban J connectivity index is 2.10. The van der Waals surface area contributed by atoms with Gasteiger partial charge in [0, 0.05) is 11.4 Å². The number of benzene rings is 2. The monoisotopic (exact) mass is 323 g/mol. The fourth-order valence-electron chi connectivity index (χ4n) is 1.70. The maximum Gasteiger partial charge on any atom is 0.323 e. The van der Waals surface area contributed by atoms with E-state index >= 15 is 0 Å². The maximum absolute atomic E-state index is 13.5. The van der Waals surface area contributed by atoms with Crippen LogP contribution in [0.3, 0.4) is 0 Å². The fourth-order valence-corrected chi connectivity index (χ4v) is 2.25. The van der Waals surface area contributed by atoms with Gasteiger partial charge in [-0.15, -0.1) is 0 Å². The van der Waals surface area contributed by atoms with Gasteiger partial charge in [-0.1, -0.05) is 18.2 Å². The molecule has 8 heteroatoms. The van der Waals surface area contributed by atoms with Gasteiger partial charge in [-0.05, 0) is 30.3 Å². The third-order valence-electron chi connectivity index (χ3n) is 2.55. The first-order valence-electron chi connectivity index (χ1n) is 6.24. The van der Waals surface area contributed by atoms with Gasteiger partial charge in [0.15, 0.2) is 0 Å². The van der Waals surface area contributed by atoms with Gasteiger partial charge in [0.25, 0.3) is 0 Å². The summed E-state index contributed by atoms with van der Waals surface area (Å²) in [4.78, 5) is 11.8. The minimum absolute atomic E-state index is 0.236. The molecule has 3 N–H and O–H groups in total. The predicted octanol–water partition coefficient (Wildman–Crippen LogP) is 2.84. The van der Waals surface area contributed by atoms with Gasteiger partial charge in [-0.3, -0.25) is 4.72 Å². The van der Waals surface area contributed by atoms with Crippen LogP contribution in [0.15, 0.2) is 48.5 Å². The molecule has 0 heterocycles. The molecule has 2 aromatic rings. The van der Waals surface area contributed by atoms with Gasteiger partial charge in [-0.25, -0.2) is 17.6 Å². The van der Waals surface area contributed by atoms with E-state index in [1.165, 1.54) is 12.1 Å². The Morgan fingerprint density at radius 3 is 2.27 bits per heavy atom. The number of urea groups is 1. The normalized spacial score (nSPS) is 10.8. The zero-order valence-electron chi connectivity index (χ0n) is 11.6. The zero-order valence-corrected chi connectivity index (χ0v) is 12.4. The molecule has 22 heavy (non-hydrogen) atoms. The van der Waals surface area contributed by atoms with Gasteiger partial charge in [0.2, 0.25) is 10.0 Å². The van der Waals surface area contributed by atoms with Crippen LogP contribution in [-0.4, -0.2) is 20.7 Å². The summed E-state index contributed by atoms with van der Waals surface area (Å²) in [6.07, 6.45) is 0.911. The quantitative estimate of drug-likeness (QED) is 0.808. The van der Waals surface area contributed by atoms with Crippen LogP contribution in [-0.2, 0) is 10.0 Å². The number of carbonyl (C=O) groups is 1.